The number of aromatic nitrogens is 2. The molecule has 3 N–H and O–H groups in total. The maximum Gasteiger partial charge on any atom is 0.269 e. The van der Waals surface area contributed by atoms with Crippen LogP contribution in [0.2, 0.25) is 0 Å². The van der Waals surface area contributed by atoms with Crippen LogP contribution in [0.25, 0.3) is 11.3 Å². The molecular weight excluding hydrogens is 392 g/mol. The van der Waals surface area contributed by atoms with Gasteiger partial charge in [0.25, 0.3) is 5.69 Å². The maximum absolute atomic E-state index is 10.9. The summed E-state index contributed by atoms with van der Waals surface area (Å²) in [5.74, 6) is 1.10. The van der Waals surface area contributed by atoms with Crippen molar-refractivity contribution in [3.8, 4) is 17.0 Å². The molecule has 0 spiro atoms. The Kier molecular flexibility index (Phi) is 5.81. The zero-order valence-electron chi connectivity index (χ0n) is 18.9. The summed E-state index contributed by atoms with van der Waals surface area (Å²) in [7, 11) is 0. The average molecular weight is 423 g/mol. The standard InChI is InChI=1S/C24H30N4O3/c1-23(2,3)18-11-15(12-19(22(18)29)24(4,5)6)20-13-26-21(27-20)14-25-16-7-9-17(10-8-16)28(30)31/h7-13,25,29H,14H2,1-6H3,(H,26,27). The van der Waals surface area contributed by atoms with Crippen LogP contribution in [0.4, 0.5) is 11.4 Å². The van der Waals surface area contributed by atoms with Gasteiger partial charge in [-0.1, -0.05) is 41.5 Å². The van der Waals surface area contributed by atoms with Crippen molar-refractivity contribution in [3.63, 3.8) is 0 Å². The average Bonchev–Trinajstić information content (AvgIpc) is 3.14. The maximum atomic E-state index is 10.9. The Bertz CT molecular complexity index is 1050. The second-order valence-electron chi connectivity index (χ2n) is 9.82. The number of rotatable bonds is 5. The van der Waals surface area contributed by atoms with Crippen molar-refractivity contribution in [2.75, 3.05) is 5.32 Å². The molecule has 0 unspecified atom stereocenters. The minimum absolute atomic E-state index is 0.0578. The molecule has 0 bridgehead atoms. The summed E-state index contributed by atoms with van der Waals surface area (Å²) in [6.07, 6.45) is 1.79. The van der Waals surface area contributed by atoms with Gasteiger partial charge in [0.15, 0.2) is 0 Å². The van der Waals surface area contributed by atoms with Crippen LogP contribution < -0.4 is 5.32 Å². The van der Waals surface area contributed by atoms with E-state index in [9.17, 15) is 15.2 Å². The van der Waals surface area contributed by atoms with E-state index in [1.807, 2.05) is 12.1 Å². The highest BCUT2D eigenvalue weighted by Gasteiger charge is 2.27. The molecule has 3 aromatic rings. The third kappa shape index (κ3) is 5.05. The van der Waals surface area contributed by atoms with E-state index in [4.69, 9.17) is 0 Å². The molecule has 0 aliphatic rings. The van der Waals surface area contributed by atoms with Gasteiger partial charge in [-0.2, -0.15) is 0 Å². The van der Waals surface area contributed by atoms with Crippen molar-refractivity contribution >= 4 is 11.4 Å². The first-order valence-corrected chi connectivity index (χ1v) is 10.3. The quantitative estimate of drug-likeness (QED) is 0.351. The minimum Gasteiger partial charge on any atom is -0.507 e. The van der Waals surface area contributed by atoms with Gasteiger partial charge in [0, 0.05) is 34.5 Å². The molecule has 164 valence electrons. The van der Waals surface area contributed by atoms with Crippen LogP contribution in [-0.4, -0.2) is 20.0 Å². The number of aromatic amines is 1. The summed E-state index contributed by atoms with van der Waals surface area (Å²) in [5.41, 5.74) is 4.06. The number of hydrogen-bond acceptors (Lipinski definition) is 5. The summed E-state index contributed by atoms with van der Waals surface area (Å²) < 4.78 is 0. The monoisotopic (exact) mass is 422 g/mol. The lowest BCUT2D eigenvalue weighted by atomic mass is 9.78. The van der Waals surface area contributed by atoms with Gasteiger partial charge in [-0.15, -0.1) is 0 Å². The number of anilines is 1. The van der Waals surface area contributed by atoms with E-state index in [-0.39, 0.29) is 16.5 Å². The van der Waals surface area contributed by atoms with Gasteiger partial charge < -0.3 is 15.4 Å². The van der Waals surface area contributed by atoms with E-state index in [1.165, 1.54) is 12.1 Å². The molecule has 0 saturated heterocycles. The van der Waals surface area contributed by atoms with Crippen molar-refractivity contribution in [2.24, 2.45) is 0 Å². The second kappa shape index (κ2) is 8.06. The van der Waals surface area contributed by atoms with Crippen LogP contribution in [0.3, 0.4) is 0 Å². The van der Waals surface area contributed by atoms with Gasteiger partial charge >= 0.3 is 0 Å². The van der Waals surface area contributed by atoms with E-state index >= 15 is 0 Å². The fourth-order valence-corrected chi connectivity index (χ4v) is 3.42. The van der Waals surface area contributed by atoms with E-state index in [0.29, 0.717) is 12.3 Å². The Hall–Kier alpha value is -3.35. The summed E-state index contributed by atoms with van der Waals surface area (Å²) in [5, 5.41) is 24.9. The third-order valence-corrected chi connectivity index (χ3v) is 5.20. The zero-order valence-corrected chi connectivity index (χ0v) is 18.9. The number of non-ortho nitro benzene ring substituents is 1. The molecule has 0 amide bonds. The zero-order chi connectivity index (χ0) is 23.0. The van der Waals surface area contributed by atoms with Crippen LogP contribution in [0.15, 0.2) is 42.6 Å². The van der Waals surface area contributed by atoms with Gasteiger partial charge in [0.1, 0.15) is 11.6 Å². The highest BCUT2D eigenvalue weighted by molar-refractivity contribution is 5.66. The molecular formula is C24H30N4O3. The molecule has 0 fully saturated rings. The first kappa shape index (κ1) is 22.3. The van der Waals surface area contributed by atoms with Crippen LogP contribution in [0.5, 0.6) is 5.75 Å². The molecule has 0 aliphatic heterocycles. The normalized spacial score (nSPS) is 12.1. The number of H-pyrrole nitrogens is 1. The Morgan fingerprint density at radius 3 is 2.06 bits per heavy atom. The number of imidazole rings is 1. The number of benzene rings is 2. The van der Waals surface area contributed by atoms with Gasteiger partial charge in [-0.3, -0.25) is 10.1 Å². The highest BCUT2D eigenvalue weighted by atomic mass is 16.6. The lowest BCUT2D eigenvalue weighted by molar-refractivity contribution is -0.384. The Labute approximate surface area is 182 Å². The molecule has 2 aromatic carbocycles. The first-order chi connectivity index (χ1) is 14.4. The molecule has 0 radical (unpaired) electrons. The van der Waals surface area contributed by atoms with Crippen molar-refractivity contribution < 1.29 is 10.0 Å². The van der Waals surface area contributed by atoms with Gasteiger partial charge in [0.05, 0.1) is 23.4 Å². The Morgan fingerprint density at radius 2 is 1.58 bits per heavy atom. The fraction of sp³-hybridized carbons (Fsp3) is 0.375. The molecule has 0 atom stereocenters. The topological polar surface area (TPSA) is 104 Å². The molecule has 31 heavy (non-hydrogen) atoms. The van der Waals surface area contributed by atoms with E-state index in [2.05, 4.69) is 56.8 Å². The molecule has 7 heteroatoms. The Balaban J connectivity index is 1.87. The molecule has 7 nitrogen and oxygen atoms in total. The predicted octanol–water partition coefficient (Wildman–Crippen LogP) is 5.90. The number of phenols is 1. The number of phenolic OH excluding ortho intramolecular Hbond substituents is 1. The van der Waals surface area contributed by atoms with Crippen LogP contribution in [-0.2, 0) is 17.4 Å². The smallest absolute Gasteiger partial charge is 0.269 e. The summed E-state index contributed by atoms with van der Waals surface area (Å²) in [6, 6.07) is 10.3. The number of nitrogens with zero attached hydrogens (tertiary/aromatic N) is 2. The molecule has 1 heterocycles. The number of nitro groups is 1. The second-order valence-corrected chi connectivity index (χ2v) is 9.82. The number of aromatic hydroxyl groups is 1. The first-order valence-electron chi connectivity index (χ1n) is 10.3. The van der Waals surface area contributed by atoms with Gasteiger partial charge in [-0.05, 0) is 35.1 Å². The van der Waals surface area contributed by atoms with Crippen molar-refractivity contribution in [1.29, 1.82) is 0 Å². The van der Waals surface area contributed by atoms with Crippen molar-refractivity contribution in [3.05, 3.63) is 69.7 Å². The van der Waals surface area contributed by atoms with E-state index in [0.717, 1.165) is 33.9 Å². The van der Waals surface area contributed by atoms with Gasteiger partial charge in [-0.25, -0.2) is 4.98 Å². The SMILES string of the molecule is CC(C)(C)c1cc(-c2cnc(CNc3ccc([N+](=O)[O-])cc3)[nH]2)cc(C(C)(C)C)c1O. The van der Waals surface area contributed by atoms with E-state index < -0.39 is 4.92 Å². The minimum atomic E-state index is -0.419. The van der Waals surface area contributed by atoms with Gasteiger partial charge in [0.2, 0.25) is 0 Å². The molecule has 0 aliphatic carbocycles. The lowest BCUT2D eigenvalue weighted by Crippen LogP contribution is -2.17. The number of nitrogens with one attached hydrogen (secondary N) is 2. The van der Waals surface area contributed by atoms with Crippen LogP contribution in [0.1, 0.15) is 58.5 Å². The molecule has 1 aromatic heterocycles. The molecule has 0 saturated carbocycles. The summed E-state index contributed by atoms with van der Waals surface area (Å²) >= 11 is 0. The Morgan fingerprint density at radius 1 is 1.03 bits per heavy atom. The third-order valence-electron chi connectivity index (χ3n) is 5.20. The van der Waals surface area contributed by atoms with Crippen LogP contribution >= 0.6 is 0 Å². The van der Waals surface area contributed by atoms with Crippen molar-refractivity contribution in [2.45, 2.75) is 58.9 Å². The fourth-order valence-electron chi connectivity index (χ4n) is 3.42. The predicted molar refractivity (Wildman–Crippen MR) is 124 cm³/mol. The largest absolute Gasteiger partial charge is 0.507 e. The van der Waals surface area contributed by atoms with Crippen LogP contribution in [0, 0.1) is 10.1 Å². The summed E-state index contributed by atoms with van der Waals surface area (Å²) in [4.78, 5) is 18.2. The summed E-state index contributed by atoms with van der Waals surface area (Å²) in [6.45, 7) is 13.0. The van der Waals surface area contributed by atoms with E-state index in [1.54, 1.807) is 18.3 Å². The van der Waals surface area contributed by atoms with Crippen molar-refractivity contribution in [1.82, 2.24) is 9.97 Å². The molecule has 3 rings (SSSR count). The number of hydrogen-bond donors (Lipinski definition) is 3. The number of nitro benzene ring substituents is 1. The highest BCUT2D eigenvalue weighted by Crippen LogP contribution is 2.41. The lowest BCUT2D eigenvalue weighted by Gasteiger charge is -2.28.